The van der Waals surface area contributed by atoms with Crippen LogP contribution in [0.2, 0.25) is 0 Å². The van der Waals surface area contributed by atoms with E-state index in [1.165, 1.54) is 0 Å². The summed E-state index contributed by atoms with van der Waals surface area (Å²) >= 11 is 0. The van der Waals surface area contributed by atoms with E-state index in [1.54, 1.807) is 6.20 Å². The molecule has 0 unspecified atom stereocenters. The van der Waals surface area contributed by atoms with Crippen molar-refractivity contribution in [2.45, 2.75) is 51.6 Å². The maximum absolute atomic E-state index is 12.0. The first kappa shape index (κ1) is 18.3. The van der Waals surface area contributed by atoms with E-state index in [1.807, 2.05) is 58.2 Å². The second-order valence-corrected chi connectivity index (χ2v) is 8.13. The first-order valence-electron chi connectivity index (χ1n) is 9.35. The number of fused-ring (bicyclic) bond motifs is 1. The molecule has 0 aliphatic heterocycles. The van der Waals surface area contributed by atoms with Gasteiger partial charge in [0.1, 0.15) is 17.2 Å². The molecule has 144 valence electrons. The van der Waals surface area contributed by atoms with Crippen LogP contribution in [-0.2, 0) is 4.74 Å². The van der Waals surface area contributed by atoms with Gasteiger partial charge in [-0.15, -0.1) is 0 Å². The number of nitrogens with one attached hydrogen (secondary N) is 1. The first-order valence-corrected chi connectivity index (χ1v) is 9.35. The van der Waals surface area contributed by atoms with Gasteiger partial charge in [-0.1, -0.05) is 0 Å². The van der Waals surface area contributed by atoms with Gasteiger partial charge in [0.25, 0.3) is 0 Å². The SMILES string of the molecule is Cc1ccnc([C@H]2C[C@H]2c2ncc3ccc(NC(=O)OC(C)(C)C)cc3n2)n1. The monoisotopic (exact) mass is 377 g/mol. The zero-order valence-electron chi connectivity index (χ0n) is 16.4. The lowest BCUT2D eigenvalue weighted by molar-refractivity contribution is 0.0636. The molecule has 2 aromatic heterocycles. The van der Waals surface area contributed by atoms with Crippen LogP contribution in [0.5, 0.6) is 0 Å². The molecular weight excluding hydrogens is 354 g/mol. The van der Waals surface area contributed by atoms with Crippen LogP contribution >= 0.6 is 0 Å². The number of aryl methyl sites for hydroxylation is 1. The quantitative estimate of drug-likeness (QED) is 0.730. The van der Waals surface area contributed by atoms with Crippen LogP contribution in [0.4, 0.5) is 10.5 Å². The summed E-state index contributed by atoms with van der Waals surface area (Å²) in [6, 6.07) is 7.44. The van der Waals surface area contributed by atoms with Gasteiger partial charge in [-0.2, -0.15) is 0 Å². The van der Waals surface area contributed by atoms with Crippen molar-refractivity contribution in [2.24, 2.45) is 0 Å². The molecule has 1 fully saturated rings. The highest BCUT2D eigenvalue weighted by Gasteiger charge is 2.44. The number of anilines is 1. The second-order valence-electron chi connectivity index (χ2n) is 8.13. The Bertz CT molecular complexity index is 1040. The number of hydrogen-bond acceptors (Lipinski definition) is 6. The van der Waals surface area contributed by atoms with Gasteiger partial charge in [-0.05, 0) is 58.4 Å². The Morgan fingerprint density at radius 2 is 1.86 bits per heavy atom. The minimum Gasteiger partial charge on any atom is -0.444 e. The maximum atomic E-state index is 12.0. The van der Waals surface area contributed by atoms with Crippen molar-refractivity contribution >= 4 is 22.7 Å². The number of rotatable bonds is 3. The van der Waals surface area contributed by atoms with Crippen LogP contribution in [0, 0.1) is 6.92 Å². The molecule has 1 amide bonds. The highest BCUT2D eigenvalue weighted by molar-refractivity contribution is 5.89. The molecule has 1 N–H and O–H groups in total. The number of aromatic nitrogens is 4. The van der Waals surface area contributed by atoms with Crippen LogP contribution in [0.25, 0.3) is 10.9 Å². The lowest BCUT2D eigenvalue weighted by Gasteiger charge is -2.19. The Kier molecular flexibility index (Phi) is 4.45. The van der Waals surface area contributed by atoms with E-state index in [-0.39, 0.29) is 11.8 Å². The van der Waals surface area contributed by atoms with Gasteiger partial charge in [0.15, 0.2) is 0 Å². The molecule has 0 bridgehead atoms. The summed E-state index contributed by atoms with van der Waals surface area (Å²) in [6.07, 6.45) is 4.08. The summed E-state index contributed by atoms with van der Waals surface area (Å²) < 4.78 is 5.30. The fourth-order valence-electron chi connectivity index (χ4n) is 3.13. The average Bonchev–Trinajstić information content (AvgIpc) is 3.40. The van der Waals surface area contributed by atoms with Crippen molar-refractivity contribution in [3.63, 3.8) is 0 Å². The zero-order valence-corrected chi connectivity index (χ0v) is 16.4. The van der Waals surface area contributed by atoms with E-state index >= 15 is 0 Å². The Hall–Kier alpha value is -3.09. The van der Waals surface area contributed by atoms with Crippen LogP contribution < -0.4 is 5.32 Å². The number of carbonyl (C=O) groups is 1. The summed E-state index contributed by atoms with van der Waals surface area (Å²) in [4.78, 5) is 30.2. The minimum absolute atomic E-state index is 0.230. The van der Waals surface area contributed by atoms with Crippen molar-refractivity contribution in [1.82, 2.24) is 19.9 Å². The molecule has 1 saturated carbocycles. The standard InChI is InChI=1S/C21H23N5O2/c1-12-7-8-22-18(24-12)15-10-16(15)19-23-11-13-5-6-14(9-17(13)26-19)25-20(27)28-21(2,3)4/h5-9,11,15-16H,10H2,1-4H3,(H,25,27)/t15-,16+/m0/s1. The van der Waals surface area contributed by atoms with Gasteiger partial charge in [-0.25, -0.2) is 24.7 Å². The van der Waals surface area contributed by atoms with E-state index in [0.717, 1.165) is 34.7 Å². The van der Waals surface area contributed by atoms with Gasteiger partial charge >= 0.3 is 6.09 Å². The Balaban J connectivity index is 1.53. The molecule has 4 rings (SSSR count). The fraction of sp³-hybridized carbons (Fsp3) is 0.381. The minimum atomic E-state index is -0.547. The molecule has 1 aliphatic carbocycles. The molecule has 7 heteroatoms. The molecule has 2 heterocycles. The second kappa shape index (κ2) is 6.82. The van der Waals surface area contributed by atoms with Crippen LogP contribution in [0.3, 0.4) is 0 Å². The molecule has 0 radical (unpaired) electrons. The lowest BCUT2D eigenvalue weighted by atomic mass is 10.2. The Morgan fingerprint density at radius 3 is 2.57 bits per heavy atom. The number of amides is 1. The lowest BCUT2D eigenvalue weighted by Crippen LogP contribution is -2.27. The summed E-state index contributed by atoms with van der Waals surface area (Å²) in [7, 11) is 0. The predicted molar refractivity (Wildman–Crippen MR) is 106 cm³/mol. The molecule has 3 aromatic rings. The zero-order chi connectivity index (χ0) is 19.9. The van der Waals surface area contributed by atoms with Crippen molar-refractivity contribution in [3.05, 3.63) is 54.0 Å². The van der Waals surface area contributed by atoms with E-state index in [2.05, 4.69) is 20.3 Å². The number of carbonyl (C=O) groups excluding carboxylic acids is 1. The number of ether oxygens (including phenoxy) is 1. The first-order chi connectivity index (χ1) is 13.3. The summed E-state index contributed by atoms with van der Waals surface area (Å²) in [5.41, 5.74) is 1.85. The van der Waals surface area contributed by atoms with Gasteiger partial charge in [-0.3, -0.25) is 5.32 Å². The Morgan fingerprint density at radius 1 is 1.11 bits per heavy atom. The third kappa shape index (κ3) is 4.08. The van der Waals surface area contributed by atoms with Crippen molar-refractivity contribution in [2.75, 3.05) is 5.32 Å². The van der Waals surface area contributed by atoms with E-state index in [9.17, 15) is 4.79 Å². The van der Waals surface area contributed by atoms with Gasteiger partial charge in [0, 0.05) is 41.0 Å². The topological polar surface area (TPSA) is 89.9 Å². The van der Waals surface area contributed by atoms with Gasteiger partial charge < -0.3 is 4.74 Å². The Labute approximate surface area is 163 Å². The van der Waals surface area contributed by atoms with Crippen LogP contribution in [0.1, 0.15) is 56.4 Å². The van der Waals surface area contributed by atoms with Crippen LogP contribution in [0.15, 0.2) is 36.7 Å². The maximum Gasteiger partial charge on any atom is 0.412 e. The average molecular weight is 377 g/mol. The normalized spacial score (nSPS) is 18.7. The smallest absolute Gasteiger partial charge is 0.412 e. The summed E-state index contributed by atoms with van der Waals surface area (Å²) in [5, 5.41) is 3.67. The highest BCUT2D eigenvalue weighted by Crippen LogP contribution is 2.52. The summed E-state index contributed by atoms with van der Waals surface area (Å²) in [5.74, 6) is 2.14. The summed E-state index contributed by atoms with van der Waals surface area (Å²) in [6.45, 7) is 7.46. The van der Waals surface area contributed by atoms with Gasteiger partial charge in [0.2, 0.25) is 0 Å². The number of nitrogens with zero attached hydrogens (tertiary/aromatic N) is 4. The molecule has 1 aliphatic rings. The molecular formula is C21H23N5O2. The van der Waals surface area contributed by atoms with Crippen LogP contribution in [-0.4, -0.2) is 31.6 Å². The third-order valence-electron chi connectivity index (χ3n) is 4.51. The number of benzene rings is 1. The molecule has 7 nitrogen and oxygen atoms in total. The van der Waals surface area contributed by atoms with Crippen molar-refractivity contribution < 1.29 is 9.53 Å². The van der Waals surface area contributed by atoms with E-state index in [4.69, 9.17) is 9.72 Å². The van der Waals surface area contributed by atoms with Gasteiger partial charge in [0.05, 0.1) is 5.52 Å². The largest absolute Gasteiger partial charge is 0.444 e. The predicted octanol–water partition coefficient (Wildman–Crippen LogP) is 4.35. The molecule has 0 saturated heterocycles. The molecule has 2 atom stereocenters. The van der Waals surface area contributed by atoms with Crippen molar-refractivity contribution in [1.29, 1.82) is 0 Å². The highest BCUT2D eigenvalue weighted by atomic mass is 16.6. The molecule has 0 spiro atoms. The fourth-order valence-corrected chi connectivity index (χ4v) is 3.13. The molecule has 1 aromatic carbocycles. The van der Waals surface area contributed by atoms with E-state index in [0.29, 0.717) is 5.69 Å². The third-order valence-corrected chi connectivity index (χ3v) is 4.51. The number of hydrogen-bond donors (Lipinski definition) is 1. The molecule has 28 heavy (non-hydrogen) atoms. The van der Waals surface area contributed by atoms with Crippen molar-refractivity contribution in [3.8, 4) is 0 Å². The van der Waals surface area contributed by atoms with E-state index < -0.39 is 11.7 Å².